The van der Waals surface area contributed by atoms with E-state index in [0.29, 0.717) is 17.6 Å². The number of halogens is 1. The second kappa shape index (κ2) is 7.06. The lowest BCUT2D eigenvalue weighted by Crippen LogP contribution is -2.63. The van der Waals surface area contributed by atoms with Crippen molar-refractivity contribution in [3.05, 3.63) is 34.3 Å². The number of benzene rings is 1. The van der Waals surface area contributed by atoms with Gasteiger partial charge in [0.1, 0.15) is 0 Å². The van der Waals surface area contributed by atoms with E-state index in [1.165, 1.54) is 18.4 Å². The molecule has 1 N–H and O–H groups in total. The molecule has 20 heavy (non-hydrogen) atoms. The van der Waals surface area contributed by atoms with Crippen molar-refractivity contribution in [2.75, 3.05) is 6.54 Å². The summed E-state index contributed by atoms with van der Waals surface area (Å²) in [5, 5.41) is 3.62. The second-order valence-electron chi connectivity index (χ2n) is 5.71. The van der Waals surface area contributed by atoms with Crippen molar-refractivity contribution in [3.8, 4) is 0 Å². The van der Waals surface area contributed by atoms with Crippen LogP contribution in [-0.4, -0.2) is 18.7 Å². The Morgan fingerprint density at radius 2 is 1.85 bits per heavy atom. The van der Waals surface area contributed by atoms with Gasteiger partial charge in [-0.25, -0.2) is 0 Å². The Bertz CT molecular complexity index is 414. The minimum absolute atomic E-state index is 0.325. The first kappa shape index (κ1) is 16.0. The van der Waals surface area contributed by atoms with Crippen molar-refractivity contribution in [2.24, 2.45) is 5.41 Å². The summed E-state index contributed by atoms with van der Waals surface area (Å²) in [4.78, 5) is 0. The summed E-state index contributed by atoms with van der Waals surface area (Å²) in [5.74, 6) is 0. The topological polar surface area (TPSA) is 21.3 Å². The number of hydrogen-bond acceptors (Lipinski definition) is 2. The molecule has 3 heteroatoms. The molecule has 2 unspecified atom stereocenters. The van der Waals surface area contributed by atoms with Crippen molar-refractivity contribution in [2.45, 2.75) is 58.8 Å². The Balaban J connectivity index is 1.94. The summed E-state index contributed by atoms with van der Waals surface area (Å²) in [5.41, 5.74) is 1.58. The van der Waals surface area contributed by atoms with Crippen molar-refractivity contribution in [1.82, 2.24) is 5.32 Å². The Kier molecular flexibility index (Phi) is 5.65. The normalized spacial score (nSPS) is 24.4. The van der Waals surface area contributed by atoms with Crippen LogP contribution in [0.25, 0.3) is 0 Å². The lowest BCUT2D eigenvalue weighted by molar-refractivity contribution is -0.146. The monoisotopic (exact) mass is 339 g/mol. The van der Waals surface area contributed by atoms with E-state index in [0.717, 1.165) is 24.0 Å². The van der Waals surface area contributed by atoms with E-state index < -0.39 is 0 Å². The van der Waals surface area contributed by atoms with Crippen LogP contribution in [0.3, 0.4) is 0 Å². The van der Waals surface area contributed by atoms with Crippen LogP contribution in [0.2, 0.25) is 0 Å². The molecule has 1 aromatic rings. The zero-order chi connectivity index (χ0) is 14.6. The Morgan fingerprint density at radius 3 is 2.40 bits per heavy atom. The number of ether oxygens (including phenoxy) is 1. The van der Waals surface area contributed by atoms with Crippen molar-refractivity contribution >= 4 is 15.9 Å². The van der Waals surface area contributed by atoms with E-state index in [1.807, 2.05) is 0 Å². The molecule has 0 amide bonds. The van der Waals surface area contributed by atoms with Crippen LogP contribution in [0, 0.1) is 5.41 Å². The van der Waals surface area contributed by atoms with Gasteiger partial charge in [-0.15, -0.1) is 0 Å². The van der Waals surface area contributed by atoms with Gasteiger partial charge in [-0.3, -0.25) is 0 Å². The maximum Gasteiger partial charge on any atom is 0.0720 e. The maximum atomic E-state index is 6.22. The third-order valence-electron chi connectivity index (χ3n) is 4.92. The van der Waals surface area contributed by atoms with E-state index in [1.54, 1.807) is 0 Å². The van der Waals surface area contributed by atoms with Crippen molar-refractivity contribution in [3.63, 3.8) is 0 Å². The van der Waals surface area contributed by atoms with Gasteiger partial charge in [-0.2, -0.15) is 0 Å². The molecule has 1 saturated carbocycles. The molecular formula is C17H26BrNO. The second-order valence-corrected chi connectivity index (χ2v) is 6.63. The predicted molar refractivity (Wildman–Crippen MR) is 87.8 cm³/mol. The van der Waals surface area contributed by atoms with Gasteiger partial charge in [0.2, 0.25) is 0 Å². The molecule has 0 heterocycles. The largest absolute Gasteiger partial charge is 0.373 e. The SMILES string of the molecule is CCNC1CC(OCc2ccc(Br)cc2)C1(CC)CC. The lowest BCUT2D eigenvalue weighted by Gasteiger charge is -2.55. The summed E-state index contributed by atoms with van der Waals surface area (Å²) < 4.78 is 7.34. The minimum atomic E-state index is 0.325. The third kappa shape index (κ3) is 3.10. The van der Waals surface area contributed by atoms with Gasteiger partial charge in [-0.05, 0) is 43.5 Å². The van der Waals surface area contributed by atoms with Crippen LogP contribution in [0.1, 0.15) is 45.6 Å². The molecule has 1 aliphatic rings. The van der Waals surface area contributed by atoms with Crippen LogP contribution in [0.5, 0.6) is 0 Å². The summed E-state index contributed by atoms with van der Waals surface area (Å²) in [6.07, 6.45) is 3.91. The number of hydrogen-bond donors (Lipinski definition) is 1. The fourth-order valence-electron chi connectivity index (χ4n) is 3.49. The molecular weight excluding hydrogens is 314 g/mol. The lowest BCUT2D eigenvalue weighted by atomic mass is 9.58. The quantitative estimate of drug-likeness (QED) is 0.788. The molecule has 112 valence electrons. The fraction of sp³-hybridized carbons (Fsp3) is 0.647. The molecule has 0 radical (unpaired) electrons. The van der Waals surface area contributed by atoms with Crippen LogP contribution in [0.4, 0.5) is 0 Å². The molecule has 2 nitrogen and oxygen atoms in total. The van der Waals surface area contributed by atoms with E-state index in [2.05, 4.69) is 66.3 Å². The first-order valence-corrected chi connectivity index (χ1v) is 8.55. The molecule has 0 spiro atoms. The van der Waals surface area contributed by atoms with Gasteiger partial charge in [0.05, 0.1) is 12.7 Å². The van der Waals surface area contributed by atoms with E-state index in [4.69, 9.17) is 4.74 Å². The zero-order valence-corrected chi connectivity index (χ0v) is 14.4. The first-order chi connectivity index (χ1) is 9.66. The van der Waals surface area contributed by atoms with Gasteiger partial charge in [0.25, 0.3) is 0 Å². The summed E-state index contributed by atoms with van der Waals surface area (Å²) >= 11 is 3.47. The summed E-state index contributed by atoms with van der Waals surface area (Å²) in [7, 11) is 0. The standard InChI is InChI=1S/C17H26BrNO/c1-4-17(5-2)15(19-6-3)11-16(17)20-12-13-7-9-14(18)10-8-13/h7-10,15-16,19H,4-6,11-12H2,1-3H3. The average molecular weight is 340 g/mol. The highest BCUT2D eigenvalue weighted by molar-refractivity contribution is 9.10. The highest BCUT2D eigenvalue weighted by Gasteiger charge is 2.52. The minimum Gasteiger partial charge on any atom is -0.373 e. The molecule has 0 saturated heterocycles. The Hall–Kier alpha value is -0.380. The molecule has 1 aromatic carbocycles. The van der Waals surface area contributed by atoms with Crippen LogP contribution in [0.15, 0.2) is 28.7 Å². The molecule has 1 aliphatic carbocycles. The summed E-state index contributed by atoms with van der Waals surface area (Å²) in [6, 6.07) is 9.04. The van der Waals surface area contributed by atoms with Crippen LogP contribution >= 0.6 is 15.9 Å². The van der Waals surface area contributed by atoms with Crippen molar-refractivity contribution < 1.29 is 4.74 Å². The highest BCUT2D eigenvalue weighted by Crippen LogP contribution is 2.49. The van der Waals surface area contributed by atoms with E-state index in [-0.39, 0.29) is 0 Å². The van der Waals surface area contributed by atoms with Crippen LogP contribution in [-0.2, 0) is 11.3 Å². The van der Waals surface area contributed by atoms with E-state index >= 15 is 0 Å². The predicted octanol–water partition coefficient (Wildman–Crippen LogP) is 4.52. The van der Waals surface area contributed by atoms with Gasteiger partial charge in [0.15, 0.2) is 0 Å². The average Bonchev–Trinajstić information content (AvgIpc) is 2.45. The first-order valence-electron chi connectivity index (χ1n) is 7.75. The van der Waals surface area contributed by atoms with Crippen LogP contribution < -0.4 is 5.32 Å². The molecule has 2 rings (SSSR count). The van der Waals surface area contributed by atoms with Crippen molar-refractivity contribution in [1.29, 1.82) is 0 Å². The molecule has 1 fully saturated rings. The van der Waals surface area contributed by atoms with Gasteiger partial charge >= 0.3 is 0 Å². The number of nitrogens with one attached hydrogen (secondary N) is 1. The Morgan fingerprint density at radius 1 is 1.20 bits per heavy atom. The van der Waals surface area contributed by atoms with Gasteiger partial charge < -0.3 is 10.1 Å². The molecule has 0 aromatic heterocycles. The fourth-order valence-corrected chi connectivity index (χ4v) is 3.75. The molecule has 0 bridgehead atoms. The zero-order valence-electron chi connectivity index (χ0n) is 12.8. The number of rotatable bonds is 7. The van der Waals surface area contributed by atoms with Gasteiger partial charge in [0, 0.05) is 15.9 Å². The summed E-state index contributed by atoms with van der Waals surface area (Å²) in [6.45, 7) is 8.54. The smallest absolute Gasteiger partial charge is 0.0720 e. The molecule has 2 atom stereocenters. The van der Waals surface area contributed by atoms with Gasteiger partial charge in [-0.1, -0.05) is 48.8 Å². The van der Waals surface area contributed by atoms with E-state index in [9.17, 15) is 0 Å². The highest BCUT2D eigenvalue weighted by atomic mass is 79.9. The molecule has 0 aliphatic heterocycles. The third-order valence-corrected chi connectivity index (χ3v) is 5.45. The Labute approximate surface area is 131 Å². The maximum absolute atomic E-state index is 6.22.